The first-order valence-electron chi connectivity index (χ1n) is 7.52. The van der Waals surface area contributed by atoms with E-state index < -0.39 is 0 Å². The number of carbonyl (C=O) groups excluding carboxylic acids is 1. The number of rotatable bonds is 4. The van der Waals surface area contributed by atoms with Crippen molar-refractivity contribution in [1.82, 2.24) is 15.1 Å². The standard InChI is InChI=1S/C16H21N3OS/c1-12-3-2-4-15-14(12)11-17-19(15)8-5-16(20)18-13-6-9-21-10-7-13/h2-4,11,13H,5-10H2,1H3,(H,18,20). The molecule has 4 nitrogen and oxygen atoms in total. The fourth-order valence-corrected chi connectivity index (χ4v) is 3.88. The molecule has 5 heteroatoms. The molecule has 0 radical (unpaired) electrons. The number of carbonyl (C=O) groups is 1. The zero-order valence-electron chi connectivity index (χ0n) is 12.3. The molecule has 2 heterocycles. The molecule has 1 aromatic carbocycles. The van der Waals surface area contributed by atoms with Crippen LogP contribution in [0.1, 0.15) is 24.8 Å². The number of amides is 1. The minimum Gasteiger partial charge on any atom is -0.353 e. The van der Waals surface area contributed by atoms with Crippen LogP contribution in [-0.4, -0.2) is 33.2 Å². The van der Waals surface area contributed by atoms with Gasteiger partial charge in [-0.1, -0.05) is 12.1 Å². The Morgan fingerprint density at radius 1 is 1.43 bits per heavy atom. The second-order valence-corrected chi connectivity index (χ2v) is 6.80. The number of nitrogens with zero attached hydrogens (tertiary/aromatic N) is 2. The molecule has 0 saturated carbocycles. The van der Waals surface area contributed by atoms with Crippen molar-refractivity contribution in [1.29, 1.82) is 0 Å². The number of hydrogen-bond donors (Lipinski definition) is 1. The average Bonchev–Trinajstić information content (AvgIpc) is 2.91. The van der Waals surface area contributed by atoms with Crippen molar-refractivity contribution in [2.75, 3.05) is 11.5 Å². The fourth-order valence-electron chi connectivity index (χ4n) is 2.78. The molecule has 1 fully saturated rings. The Morgan fingerprint density at radius 3 is 3.05 bits per heavy atom. The Morgan fingerprint density at radius 2 is 2.24 bits per heavy atom. The average molecular weight is 303 g/mol. The van der Waals surface area contributed by atoms with E-state index >= 15 is 0 Å². The maximum Gasteiger partial charge on any atom is 0.222 e. The number of fused-ring (bicyclic) bond motifs is 1. The summed E-state index contributed by atoms with van der Waals surface area (Å²) in [7, 11) is 0. The highest BCUT2D eigenvalue weighted by Crippen LogP contribution is 2.18. The first-order chi connectivity index (χ1) is 10.2. The number of nitrogens with one attached hydrogen (secondary N) is 1. The fraction of sp³-hybridized carbons (Fsp3) is 0.500. The Balaban J connectivity index is 1.58. The van der Waals surface area contributed by atoms with Gasteiger partial charge in [0.2, 0.25) is 5.91 Å². The van der Waals surface area contributed by atoms with E-state index in [1.807, 2.05) is 28.7 Å². The van der Waals surface area contributed by atoms with E-state index in [0.717, 1.165) is 29.9 Å². The normalized spacial score (nSPS) is 16.2. The molecule has 3 rings (SSSR count). The van der Waals surface area contributed by atoms with Crippen molar-refractivity contribution in [2.45, 2.75) is 38.8 Å². The van der Waals surface area contributed by atoms with Gasteiger partial charge in [0, 0.05) is 17.8 Å². The third-order valence-corrected chi connectivity index (χ3v) is 5.09. The summed E-state index contributed by atoms with van der Waals surface area (Å²) in [5.41, 5.74) is 2.33. The summed E-state index contributed by atoms with van der Waals surface area (Å²) in [6, 6.07) is 6.55. The zero-order chi connectivity index (χ0) is 14.7. The van der Waals surface area contributed by atoms with Gasteiger partial charge in [-0.2, -0.15) is 16.9 Å². The topological polar surface area (TPSA) is 46.9 Å². The molecule has 1 aliphatic rings. The monoisotopic (exact) mass is 303 g/mol. The van der Waals surface area contributed by atoms with Gasteiger partial charge in [-0.15, -0.1) is 0 Å². The van der Waals surface area contributed by atoms with Gasteiger partial charge in [-0.3, -0.25) is 9.48 Å². The van der Waals surface area contributed by atoms with Crippen molar-refractivity contribution in [2.24, 2.45) is 0 Å². The summed E-state index contributed by atoms with van der Waals surface area (Å²) in [5, 5.41) is 8.72. The molecule has 0 unspecified atom stereocenters. The van der Waals surface area contributed by atoms with Crippen LogP contribution in [-0.2, 0) is 11.3 Å². The van der Waals surface area contributed by atoms with Gasteiger partial charge in [0.05, 0.1) is 18.3 Å². The molecular weight excluding hydrogens is 282 g/mol. The lowest BCUT2D eigenvalue weighted by atomic mass is 10.1. The molecule has 1 saturated heterocycles. The largest absolute Gasteiger partial charge is 0.353 e. The summed E-state index contributed by atoms with van der Waals surface area (Å²) in [6.07, 6.45) is 4.58. The Bertz CT molecular complexity index is 631. The molecule has 1 aromatic heterocycles. The molecule has 1 aliphatic heterocycles. The Hall–Kier alpha value is -1.49. The van der Waals surface area contributed by atoms with Gasteiger partial charge in [0.15, 0.2) is 0 Å². The third-order valence-electron chi connectivity index (χ3n) is 4.04. The van der Waals surface area contributed by atoms with Crippen LogP contribution in [0.25, 0.3) is 10.9 Å². The summed E-state index contributed by atoms with van der Waals surface area (Å²) in [5.74, 6) is 2.46. The van der Waals surface area contributed by atoms with Crippen LogP contribution in [0.2, 0.25) is 0 Å². The highest BCUT2D eigenvalue weighted by atomic mass is 32.2. The smallest absolute Gasteiger partial charge is 0.222 e. The van der Waals surface area contributed by atoms with Crippen LogP contribution in [0.4, 0.5) is 0 Å². The molecule has 21 heavy (non-hydrogen) atoms. The van der Waals surface area contributed by atoms with Crippen molar-refractivity contribution in [3.05, 3.63) is 30.0 Å². The van der Waals surface area contributed by atoms with Gasteiger partial charge in [0.25, 0.3) is 0 Å². The highest BCUT2D eigenvalue weighted by molar-refractivity contribution is 7.99. The lowest BCUT2D eigenvalue weighted by Gasteiger charge is -2.22. The molecule has 0 spiro atoms. The summed E-state index contributed by atoms with van der Waals surface area (Å²) >= 11 is 1.97. The molecular formula is C16H21N3OS. The lowest BCUT2D eigenvalue weighted by molar-refractivity contribution is -0.122. The molecule has 1 N–H and O–H groups in total. The number of thioether (sulfide) groups is 1. The van der Waals surface area contributed by atoms with Gasteiger partial charge in [-0.05, 0) is 42.9 Å². The van der Waals surface area contributed by atoms with E-state index in [1.54, 1.807) is 0 Å². The van der Waals surface area contributed by atoms with Crippen molar-refractivity contribution >= 4 is 28.6 Å². The highest BCUT2D eigenvalue weighted by Gasteiger charge is 2.16. The van der Waals surface area contributed by atoms with E-state index in [0.29, 0.717) is 19.0 Å². The molecule has 1 amide bonds. The quantitative estimate of drug-likeness (QED) is 0.945. The Kier molecular flexibility index (Phi) is 4.48. The number of aryl methyl sites for hydroxylation is 2. The van der Waals surface area contributed by atoms with Crippen molar-refractivity contribution in [3.8, 4) is 0 Å². The van der Waals surface area contributed by atoms with Crippen LogP contribution >= 0.6 is 11.8 Å². The van der Waals surface area contributed by atoms with Crippen LogP contribution in [0.15, 0.2) is 24.4 Å². The molecule has 0 atom stereocenters. The van der Waals surface area contributed by atoms with Crippen LogP contribution in [0.3, 0.4) is 0 Å². The molecule has 112 valence electrons. The van der Waals surface area contributed by atoms with Gasteiger partial charge >= 0.3 is 0 Å². The molecule has 0 aliphatic carbocycles. The van der Waals surface area contributed by atoms with Crippen LogP contribution < -0.4 is 5.32 Å². The van der Waals surface area contributed by atoms with Crippen LogP contribution in [0, 0.1) is 6.92 Å². The minimum absolute atomic E-state index is 0.142. The minimum atomic E-state index is 0.142. The second kappa shape index (κ2) is 6.52. The predicted octanol–water partition coefficient (Wildman–Crippen LogP) is 2.75. The first-order valence-corrected chi connectivity index (χ1v) is 8.68. The molecule has 2 aromatic rings. The van der Waals surface area contributed by atoms with E-state index in [9.17, 15) is 4.79 Å². The molecule has 0 bridgehead atoms. The number of aromatic nitrogens is 2. The first kappa shape index (κ1) is 14.4. The third kappa shape index (κ3) is 3.40. The summed E-state index contributed by atoms with van der Waals surface area (Å²) in [6.45, 7) is 2.72. The van der Waals surface area contributed by atoms with Gasteiger partial charge < -0.3 is 5.32 Å². The van der Waals surface area contributed by atoms with Crippen LogP contribution in [0.5, 0.6) is 0 Å². The maximum atomic E-state index is 12.1. The van der Waals surface area contributed by atoms with Gasteiger partial charge in [0.1, 0.15) is 0 Å². The number of benzene rings is 1. The predicted molar refractivity (Wildman–Crippen MR) is 87.6 cm³/mol. The zero-order valence-corrected chi connectivity index (χ0v) is 13.2. The maximum absolute atomic E-state index is 12.1. The lowest BCUT2D eigenvalue weighted by Crippen LogP contribution is -2.37. The Labute approximate surface area is 129 Å². The van der Waals surface area contributed by atoms with Gasteiger partial charge in [-0.25, -0.2) is 0 Å². The van der Waals surface area contributed by atoms with E-state index in [-0.39, 0.29) is 5.91 Å². The second-order valence-electron chi connectivity index (χ2n) is 5.58. The SMILES string of the molecule is Cc1cccc2c1cnn2CCC(=O)NC1CCSCC1. The van der Waals surface area contributed by atoms with E-state index in [1.165, 1.54) is 10.9 Å². The van der Waals surface area contributed by atoms with E-state index in [2.05, 4.69) is 29.5 Å². The van der Waals surface area contributed by atoms with E-state index in [4.69, 9.17) is 0 Å². The summed E-state index contributed by atoms with van der Waals surface area (Å²) in [4.78, 5) is 12.1. The van der Waals surface area contributed by atoms with Crippen molar-refractivity contribution < 1.29 is 4.79 Å². The van der Waals surface area contributed by atoms with Crippen molar-refractivity contribution in [3.63, 3.8) is 0 Å². The number of hydrogen-bond acceptors (Lipinski definition) is 3. The summed E-state index contributed by atoms with van der Waals surface area (Å²) < 4.78 is 1.93.